The number of methoxy groups -OCH3 is 1. The number of aryl methyl sites for hydroxylation is 2. The van der Waals surface area contributed by atoms with Crippen LogP contribution >= 0.6 is 0 Å². The van der Waals surface area contributed by atoms with Crippen LogP contribution in [0.15, 0.2) is 71.6 Å². The Hall–Kier alpha value is -4.46. The third-order valence-electron chi connectivity index (χ3n) is 6.15. The maximum absolute atomic E-state index is 11.5. The second kappa shape index (κ2) is 9.06. The lowest BCUT2D eigenvalue weighted by atomic mass is 10.0. The molecule has 0 spiro atoms. The van der Waals surface area contributed by atoms with Crippen molar-refractivity contribution in [2.45, 2.75) is 26.8 Å². The number of ether oxygens (including phenoxy) is 1. The van der Waals surface area contributed by atoms with E-state index in [9.17, 15) is 4.79 Å². The summed E-state index contributed by atoms with van der Waals surface area (Å²) < 4.78 is 12.3. The first-order valence-corrected chi connectivity index (χ1v) is 11.3. The molecule has 1 amide bonds. The Morgan fingerprint density at radius 3 is 2.54 bits per heavy atom. The second-order valence-electron chi connectivity index (χ2n) is 8.37. The molecule has 1 N–H and O–H groups in total. The van der Waals surface area contributed by atoms with Gasteiger partial charge < -0.3 is 13.8 Å². The molecule has 0 aliphatic heterocycles. The molecule has 0 unspecified atom stereocenters. The molecule has 0 saturated carbocycles. The quantitative estimate of drug-likeness (QED) is 0.333. The van der Waals surface area contributed by atoms with E-state index < -0.39 is 6.09 Å². The summed E-state index contributed by atoms with van der Waals surface area (Å²) in [6, 6.07) is 15.6. The van der Waals surface area contributed by atoms with Gasteiger partial charge in [-0.15, -0.1) is 0 Å². The van der Waals surface area contributed by atoms with Gasteiger partial charge in [-0.05, 0) is 56.7 Å². The summed E-state index contributed by atoms with van der Waals surface area (Å²) in [6.45, 7) is 5.96. The van der Waals surface area contributed by atoms with Gasteiger partial charge in [0, 0.05) is 41.0 Å². The fourth-order valence-electron chi connectivity index (χ4n) is 4.36. The van der Waals surface area contributed by atoms with Crippen LogP contribution in [0.4, 0.5) is 10.5 Å². The average molecular weight is 468 g/mol. The summed E-state index contributed by atoms with van der Waals surface area (Å²) in [4.78, 5) is 21.0. The number of aromatic nitrogens is 4. The van der Waals surface area contributed by atoms with Crippen molar-refractivity contribution in [1.82, 2.24) is 19.7 Å². The van der Waals surface area contributed by atoms with Gasteiger partial charge in [0.25, 0.3) is 0 Å². The lowest BCUT2D eigenvalue weighted by molar-refractivity contribution is 0.187. The molecule has 5 aromatic rings. The SMILES string of the molecule is COC(=O)Nc1ccc(-c2cn([C@@H](C)c3ccccn3)c3cc(-c4c(C)noc4C)cnc23)cc1. The molecule has 0 bridgehead atoms. The van der Waals surface area contributed by atoms with Crippen molar-refractivity contribution >= 4 is 22.8 Å². The topological polar surface area (TPSA) is 95.1 Å². The smallest absolute Gasteiger partial charge is 0.411 e. The summed E-state index contributed by atoms with van der Waals surface area (Å²) >= 11 is 0. The number of nitrogens with one attached hydrogen (secondary N) is 1. The number of hydrogen-bond donors (Lipinski definition) is 1. The Labute approximate surface area is 202 Å². The Kier molecular flexibility index (Phi) is 5.78. The van der Waals surface area contributed by atoms with Gasteiger partial charge in [0.1, 0.15) is 5.76 Å². The fraction of sp³-hybridized carbons (Fsp3) is 0.185. The monoisotopic (exact) mass is 467 g/mol. The van der Waals surface area contributed by atoms with E-state index in [0.29, 0.717) is 5.69 Å². The van der Waals surface area contributed by atoms with Crippen LogP contribution < -0.4 is 5.32 Å². The zero-order valence-corrected chi connectivity index (χ0v) is 19.9. The van der Waals surface area contributed by atoms with Crippen LogP contribution in [0.1, 0.15) is 30.1 Å². The number of pyridine rings is 2. The van der Waals surface area contributed by atoms with E-state index in [2.05, 4.69) is 43.9 Å². The number of fused-ring (bicyclic) bond motifs is 1. The van der Waals surface area contributed by atoms with E-state index in [1.807, 2.05) is 62.5 Å². The second-order valence-corrected chi connectivity index (χ2v) is 8.37. The van der Waals surface area contributed by atoms with Gasteiger partial charge in [0.15, 0.2) is 0 Å². The Bertz CT molecular complexity index is 1480. The summed E-state index contributed by atoms with van der Waals surface area (Å²) in [5.74, 6) is 0.758. The molecule has 5 rings (SSSR count). The highest BCUT2D eigenvalue weighted by Gasteiger charge is 2.20. The highest BCUT2D eigenvalue weighted by Crippen LogP contribution is 2.36. The van der Waals surface area contributed by atoms with E-state index in [4.69, 9.17) is 9.51 Å². The molecular formula is C27H25N5O3. The summed E-state index contributed by atoms with van der Waals surface area (Å²) in [7, 11) is 1.34. The first-order valence-electron chi connectivity index (χ1n) is 11.3. The van der Waals surface area contributed by atoms with Crippen molar-refractivity contribution in [3.63, 3.8) is 0 Å². The van der Waals surface area contributed by atoms with Crippen LogP contribution in [-0.2, 0) is 4.74 Å². The lowest BCUT2D eigenvalue weighted by Gasteiger charge is -2.15. The van der Waals surface area contributed by atoms with Gasteiger partial charge in [0.05, 0.1) is 35.6 Å². The number of carbonyl (C=O) groups excluding carboxylic acids is 1. The number of hydrogen-bond acceptors (Lipinski definition) is 6. The fourth-order valence-corrected chi connectivity index (χ4v) is 4.36. The van der Waals surface area contributed by atoms with Crippen molar-refractivity contribution < 1.29 is 14.1 Å². The van der Waals surface area contributed by atoms with E-state index in [1.54, 1.807) is 6.20 Å². The highest BCUT2D eigenvalue weighted by atomic mass is 16.5. The van der Waals surface area contributed by atoms with Crippen LogP contribution in [0.5, 0.6) is 0 Å². The van der Waals surface area contributed by atoms with Gasteiger partial charge in [-0.2, -0.15) is 0 Å². The molecular weight excluding hydrogens is 442 g/mol. The molecule has 8 heteroatoms. The molecule has 35 heavy (non-hydrogen) atoms. The molecule has 0 aliphatic carbocycles. The molecule has 176 valence electrons. The Morgan fingerprint density at radius 1 is 1.09 bits per heavy atom. The molecule has 0 radical (unpaired) electrons. The number of anilines is 1. The van der Waals surface area contributed by atoms with Gasteiger partial charge >= 0.3 is 6.09 Å². The van der Waals surface area contributed by atoms with E-state index in [-0.39, 0.29) is 6.04 Å². The lowest BCUT2D eigenvalue weighted by Crippen LogP contribution is -2.10. The van der Waals surface area contributed by atoms with E-state index in [0.717, 1.165) is 50.4 Å². The van der Waals surface area contributed by atoms with Gasteiger partial charge in [0.2, 0.25) is 0 Å². The molecule has 1 aromatic carbocycles. The van der Waals surface area contributed by atoms with Gasteiger partial charge in [-0.3, -0.25) is 15.3 Å². The van der Waals surface area contributed by atoms with Crippen LogP contribution in [0.25, 0.3) is 33.3 Å². The van der Waals surface area contributed by atoms with Crippen molar-refractivity contribution in [3.8, 4) is 22.3 Å². The third kappa shape index (κ3) is 4.14. The molecule has 1 atom stereocenters. The average Bonchev–Trinajstić information content (AvgIpc) is 3.43. The first-order chi connectivity index (χ1) is 17.0. The predicted molar refractivity (Wildman–Crippen MR) is 134 cm³/mol. The van der Waals surface area contributed by atoms with Crippen molar-refractivity contribution in [1.29, 1.82) is 0 Å². The standard InChI is InChI=1S/C27H25N5O3/c1-16-25(18(3)35-31-16)20-13-24-26(29-14-20)22(15-32(24)17(2)23-7-5-6-12-28-23)19-8-10-21(11-9-19)30-27(33)34-4/h5-15,17H,1-4H3,(H,30,33)/t17-/m0/s1. The number of amides is 1. The van der Waals surface area contributed by atoms with Crippen molar-refractivity contribution in [2.75, 3.05) is 12.4 Å². The van der Waals surface area contributed by atoms with Crippen LogP contribution in [0, 0.1) is 13.8 Å². The molecule has 8 nitrogen and oxygen atoms in total. The van der Waals surface area contributed by atoms with Crippen LogP contribution in [0.3, 0.4) is 0 Å². The van der Waals surface area contributed by atoms with Crippen LogP contribution in [0.2, 0.25) is 0 Å². The van der Waals surface area contributed by atoms with Gasteiger partial charge in [-0.25, -0.2) is 4.79 Å². The minimum atomic E-state index is -0.507. The third-order valence-corrected chi connectivity index (χ3v) is 6.15. The molecule has 0 fully saturated rings. The number of benzene rings is 1. The molecule has 0 aliphatic rings. The predicted octanol–water partition coefficient (Wildman–Crippen LogP) is 6.16. The van der Waals surface area contributed by atoms with Crippen molar-refractivity contribution in [2.24, 2.45) is 0 Å². The van der Waals surface area contributed by atoms with Crippen LogP contribution in [-0.4, -0.2) is 32.9 Å². The zero-order valence-electron chi connectivity index (χ0n) is 19.9. The van der Waals surface area contributed by atoms with E-state index in [1.165, 1.54) is 7.11 Å². The minimum Gasteiger partial charge on any atom is -0.453 e. The molecule has 0 saturated heterocycles. The number of carbonyl (C=O) groups is 1. The summed E-state index contributed by atoms with van der Waals surface area (Å²) in [5, 5.41) is 6.79. The summed E-state index contributed by atoms with van der Waals surface area (Å²) in [6.07, 6.45) is 5.27. The zero-order chi connectivity index (χ0) is 24.5. The molecule has 4 aromatic heterocycles. The maximum Gasteiger partial charge on any atom is 0.411 e. The normalized spacial score (nSPS) is 12.0. The van der Waals surface area contributed by atoms with E-state index >= 15 is 0 Å². The van der Waals surface area contributed by atoms with Crippen molar-refractivity contribution in [3.05, 3.63) is 84.3 Å². The largest absolute Gasteiger partial charge is 0.453 e. The number of nitrogens with zero attached hydrogens (tertiary/aromatic N) is 4. The maximum atomic E-state index is 11.5. The minimum absolute atomic E-state index is 0.0190. The Balaban J connectivity index is 1.65. The first kappa shape index (κ1) is 22.3. The number of rotatable bonds is 5. The molecule has 4 heterocycles. The highest BCUT2D eigenvalue weighted by molar-refractivity contribution is 5.95. The van der Waals surface area contributed by atoms with Gasteiger partial charge in [-0.1, -0.05) is 23.4 Å². The Morgan fingerprint density at radius 2 is 1.89 bits per heavy atom. The summed E-state index contributed by atoms with van der Waals surface area (Å²) in [5.41, 5.74) is 8.16.